The van der Waals surface area contributed by atoms with Crippen molar-refractivity contribution in [2.75, 3.05) is 0 Å². The highest BCUT2D eigenvalue weighted by molar-refractivity contribution is 5.63. The molecule has 0 radical (unpaired) electrons. The second-order valence-electron chi connectivity index (χ2n) is 5.45. The van der Waals surface area contributed by atoms with E-state index in [0.29, 0.717) is 6.04 Å². The van der Waals surface area contributed by atoms with Gasteiger partial charge in [-0.1, -0.05) is 54.6 Å². The summed E-state index contributed by atoms with van der Waals surface area (Å²) in [5.74, 6) is 0. The zero-order chi connectivity index (χ0) is 15.2. The fraction of sp³-hybridized carbons (Fsp3) is 0.150. The normalized spacial score (nSPS) is 12.0. The molecular weight excluding hydrogens is 268 g/mol. The minimum Gasteiger partial charge on any atom is -0.306 e. The topological polar surface area (TPSA) is 24.9 Å². The van der Waals surface area contributed by atoms with E-state index in [9.17, 15) is 0 Å². The molecule has 0 spiro atoms. The van der Waals surface area contributed by atoms with Gasteiger partial charge in [0.15, 0.2) is 0 Å². The number of hydrogen-bond donors (Lipinski definition) is 1. The molecule has 0 unspecified atom stereocenters. The predicted molar refractivity (Wildman–Crippen MR) is 91.4 cm³/mol. The van der Waals surface area contributed by atoms with Gasteiger partial charge in [-0.2, -0.15) is 0 Å². The van der Waals surface area contributed by atoms with Crippen molar-refractivity contribution in [1.82, 2.24) is 10.3 Å². The average molecular weight is 288 g/mol. The first-order chi connectivity index (χ1) is 10.8. The van der Waals surface area contributed by atoms with Gasteiger partial charge in [0, 0.05) is 25.0 Å². The maximum absolute atomic E-state index is 4.06. The molecule has 0 aliphatic heterocycles. The quantitative estimate of drug-likeness (QED) is 0.742. The number of aromatic nitrogens is 1. The molecule has 0 saturated heterocycles. The summed E-state index contributed by atoms with van der Waals surface area (Å²) in [6.07, 6.45) is 3.67. The molecule has 110 valence electrons. The molecule has 1 heterocycles. The molecule has 2 nitrogen and oxygen atoms in total. The Morgan fingerprint density at radius 1 is 0.818 bits per heavy atom. The summed E-state index contributed by atoms with van der Waals surface area (Å²) in [7, 11) is 0. The molecule has 2 heteroatoms. The van der Waals surface area contributed by atoms with E-state index in [2.05, 4.69) is 77.9 Å². The summed E-state index contributed by atoms with van der Waals surface area (Å²) < 4.78 is 0. The van der Waals surface area contributed by atoms with E-state index >= 15 is 0 Å². The van der Waals surface area contributed by atoms with Crippen molar-refractivity contribution in [3.8, 4) is 11.1 Å². The van der Waals surface area contributed by atoms with E-state index < -0.39 is 0 Å². The van der Waals surface area contributed by atoms with Gasteiger partial charge in [-0.05, 0) is 41.3 Å². The highest BCUT2D eigenvalue weighted by Crippen LogP contribution is 2.19. The lowest BCUT2D eigenvalue weighted by Crippen LogP contribution is -2.17. The van der Waals surface area contributed by atoms with Crippen molar-refractivity contribution in [1.29, 1.82) is 0 Å². The lowest BCUT2D eigenvalue weighted by atomic mass is 10.0. The van der Waals surface area contributed by atoms with Gasteiger partial charge in [0.1, 0.15) is 0 Å². The molecule has 0 amide bonds. The SMILES string of the molecule is C[C@@H](NCc1ccc(-c2ccccc2)cc1)c1ccncc1. The Bertz CT molecular complexity index is 691. The molecule has 1 N–H and O–H groups in total. The van der Waals surface area contributed by atoms with Crippen LogP contribution in [0, 0.1) is 0 Å². The van der Waals surface area contributed by atoms with Crippen LogP contribution in [0.3, 0.4) is 0 Å². The van der Waals surface area contributed by atoms with Crippen LogP contribution >= 0.6 is 0 Å². The smallest absolute Gasteiger partial charge is 0.0296 e. The maximum Gasteiger partial charge on any atom is 0.0296 e. The molecule has 2 aromatic carbocycles. The standard InChI is InChI=1S/C20H20N2/c1-16(18-11-13-21-14-12-18)22-15-17-7-9-20(10-8-17)19-5-3-2-4-6-19/h2-14,16,22H,15H2,1H3/t16-/m1/s1. The molecule has 1 atom stereocenters. The molecule has 0 aliphatic rings. The summed E-state index contributed by atoms with van der Waals surface area (Å²) >= 11 is 0. The second-order valence-corrected chi connectivity index (χ2v) is 5.45. The van der Waals surface area contributed by atoms with Crippen LogP contribution in [0.4, 0.5) is 0 Å². The summed E-state index contributed by atoms with van der Waals surface area (Å²) in [4.78, 5) is 4.06. The van der Waals surface area contributed by atoms with Gasteiger partial charge in [-0.15, -0.1) is 0 Å². The van der Waals surface area contributed by atoms with Crippen LogP contribution in [0.2, 0.25) is 0 Å². The molecule has 0 bridgehead atoms. The zero-order valence-corrected chi connectivity index (χ0v) is 12.7. The number of hydrogen-bond acceptors (Lipinski definition) is 2. The van der Waals surface area contributed by atoms with Crippen molar-refractivity contribution >= 4 is 0 Å². The molecule has 3 rings (SSSR count). The maximum atomic E-state index is 4.06. The third-order valence-corrected chi connectivity index (χ3v) is 3.88. The van der Waals surface area contributed by atoms with Gasteiger partial charge in [-0.3, -0.25) is 4.98 Å². The van der Waals surface area contributed by atoms with Crippen molar-refractivity contribution in [3.63, 3.8) is 0 Å². The fourth-order valence-corrected chi connectivity index (χ4v) is 2.49. The van der Waals surface area contributed by atoms with Gasteiger partial charge >= 0.3 is 0 Å². The van der Waals surface area contributed by atoms with Crippen LogP contribution in [-0.4, -0.2) is 4.98 Å². The minimum absolute atomic E-state index is 0.316. The Labute approximate surface area is 131 Å². The first-order valence-electron chi connectivity index (χ1n) is 7.60. The van der Waals surface area contributed by atoms with Crippen LogP contribution in [-0.2, 0) is 6.54 Å². The van der Waals surface area contributed by atoms with E-state index in [0.717, 1.165) is 6.54 Å². The van der Waals surface area contributed by atoms with Crippen LogP contribution in [0.5, 0.6) is 0 Å². The Hall–Kier alpha value is -2.45. The number of pyridine rings is 1. The van der Waals surface area contributed by atoms with Crippen LogP contribution in [0.1, 0.15) is 24.1 Å². The molecule has 22 heavy (non-hydrogen) atoms. The van der Waals surface area contributed by atoms with E-state index in [1.54, 1.807) is 0 Å². The molecule has 0 saturated carbocycles. The highest BCUT2D eigenvalue weighted by Gasteiger charge is 2.04. The first-order valence-corrected chi connectivity index (χ1v) is 7.60. The number of rotatable bonds is 5. The largest absolute Gasteiger partial charge is 0.306 e. The third kappa shape index (κ3) is 3.60. The number of nitrogens with one attached hydrogen (secondary N) is 1. The van der Waals surface area contributed by atoms with E-state index in [1.165, 1.54) is 22.3 Å². The summed E-state index contributed by atoms with van der Waals surface area (Å²) in [6, 6.07) is 23.6. The van der Waals surface area contributed by atoms with Crippen LogP contribution in [0.15, 0.2) is 79.1 Å². The zero-order valence-electron chi connectivity index (χ0n) is 12.7. The summed E-state index contributed by atoms with van der Waals surface area (Å²) in [5.41, 5.74) is 5.06. The Balaban J connectivity index is 1.62. The summed E-state index contributed by atoms with van der Waals surface area (Å²) in [6.45, 7) is 3.03. The van der Waals surface area contributed by atoms with Gasteiger partial charge in [-0.25, -0.2) is 0 Å². The first kappa shape index (κ1) is 14.5. The van der Waals surface area contributed by atoms with Gasteiger partial charge in [0.2, 0.25) is 0 Å². The van der Waals surface area contributed by atoms with Crippen molar-refractivity contribution in [2.45, 2.75) is 19.5 Å². The summed E-state index contributed by atoms with van der Waals surface area (Å²) in [5, 5.41) is 3.55. The molecule has 0 aliphatic carbocycles. The van der Waals surface area contributed by atoms with Crippen LogP contribution in [0.25, 0.3) is 11.1 Å². The molecule has 1 aromatic heterocycles. The predicted octanol–water partition coefficient (Wildman–Crippen LogP) is 4.60. The van der Waals surface area contributed by atoms with Crippen LogP contribution < -0.4 is 5.32 Å². The average Bonchev–Trinajstić information content (AvgIpc) is 2.61. The highest BCUT2D eigenvalue weighted by atomic mass is 14.9. The third-order valence-electron chi connectivity index (χ3n) is 3.88. The van der Waals surface area contributed by atoms with Gasteiger partial charge < -0.3 is 5.32 Å². The van der Waals surface area contributed by atoms with Crippen molar-refractivity contribution in [2.24, 2.45) is 0 Å². The second kappa shape index (κ2) is 7.01. The Kier molecular flexibility index (Phi) is 4.62. The molecule has 0 fully saturated rings. The van der Waals surface area contributed by atoms with E-state index in [-0.39, 0.29) is 0 Å². The lowest BCUT2D eigenvalue weighted by molar-refractivity contribution is 0.574. The number of benzene rings is 2. The lowest BCUT2D eigenvalue weighted by Gasteiger charge is -2.14. The number of nitrogens with zero attached hydrogens (tertiary/aromatic N) is 1. The van der Waals surface area contributed by atoms with Crippen molar-refractivity contribution < 1.29 is 0 Å². The molecule has 3 aromatic rings. The van der Waals surface area contributed by atoms with Gasteiger partial charge in [0.25, 0.3) is 0 Å². The Morgan fingerprint density at radius 2 is 1.45 bits per heavy atom. The Morgan fingerprint density at radius 3 is 2.14 bits per heavy atom. The fourth-order valence-electron chi connectivity index (χ4n) is 2.49. The van der Waals surface area contributed by atoms with E-state index in [1.807, 2.05) is 18.5 Å². The molecular formula is C20H20N2. The van der Waals surface area contributed by atoms with Crippen molar-refractivity contribution in [3.05, 3.63) is 90.3 Å². The van der Waals surface area contributed by atoms with E-state index in [4.69, 9.17) is 0 Å². The minimum atomic E-state index is 0.316. The van der Waals surface area contributed by atoms with Gasteiger partial charge in [0.05, 0.1) is 0 Å². The monoisotopic (exact) mass is 288 g/mol.